The van der Waals surface area contributed by atoms with E-state index in [1.54, 1.807) is 18.3 Å². The number of carbonyl (C=O) groups is 2. The summed E-state index contributed by atoms with van der Waals surface area (Å²) in [6.07, 6.45) is 6.55. The highest BCUT2D eigenvalue weighted by Gasteiger charge is 2.45. The molecule has 3 atom stereocenters. The van der Waals surface area contributed by atoms with Crippen LogP contribution in [0, 0.1) is 17.2 Å². The monoisotopic (exact) mass is 439 g/mol. The molecule has 8 nitrogen and oxygen atoms in total. The quantitative estimate of drug-likeness (QED) is 0.771. The molecule has 0 aromatic carbocycles. The highest BCUT2D eigenvalue weighted by atomic mass is 16.6. The van der Waals surface area contributed by atoms with Crippen LogP contribution >= 0.6 is 0 Å². The first-order valence-electron chi connectivity index (χ1n) is 11.6. The van der Waals surface area contributed by atoms with Gasteiger partial charge in [-0.2, -0.15) is 5.26 Å². The number of hydrogen-bond acceptors (Lipinski definition) is 6. The minimum absolute atomic E-state index is 0.171. The van der Waals surface area contributed by atoms with Gasteiger partial charge >= 0.3 is 6.09 Å². The lowest BCUT2D eigenvalue weighted by Crippen LogP contribution is -2.49. The van der Waals surface area contributed by atoms with E-state index in [9.17, 15) is 9.59 Å². The third-order valence-electron chi connectivity index (χ3n) is 6.68. The van der Waals surface area contributed by atoms with Crippen LogP contribution < -0.4 is 5.32 Å². The number of ether oxygens (including phenoxy) is 1. The Morgan fingerprint density at radius 2 is 1.94 bits per heavy atom. The van der Waals surface area contributed by atoms with Crippen molar-refractivity contribution in [3.05, 3.63) is 23.9 Å². The van der Waals surface area contributed by atoms with E-state index in [2.05, 4.69) is 16.4 Å². The average molecular weight is 440 g/mol. The molecule has 32 heavy (non-hydrogen) atoms. The first kappa shape index (κ1) is 22.4. The van der Waals surface area contributed by atoms with E-state index in [1.165, 1.54) is 0 Å². The molecule has 3 aliphatic heterocycles. The van der Waals surface area contributed by atoms with E-state index in [1.807, 2.05) is 30.6 Å². The summed E-state index contributed by atoms with van der Waals surface area (Å²) < 4.78 is 5.61. The molecule has 2 unspecified atom stereocenters. The van der Waals surface area contributed by atoms with Crippen LogP contribution in [0.5, 0.6) is 0 Å². The fourth-order valence-corrected chi connectivity index (χ4v) is 5.30. The Balaban J connectivity index is 1.26. The second kappa shape index (κ2) is 8.97. The Hall–Kier alpha value is -2.82. The minimum Gasteiger partial charge on any atom is -0.444 e. The summed E-state index contributed by atoms with van der Waals surface area (Å²) in [6, 6.07) is 6.16. The van der Waals surface area contributed by atoms with E-state index < -0.39 is 5.60 Å². The molecule has 0 radical (unpaired) electrons. The second-order valence-electron chi connectivity index (χ2n) is 10.3. The van der Waals surface area contributed by atoms with E-state index in [-0.39, 0.29) is 30.1 Å². The van der Waals surface area contributed by atoms with Crippen molar-refractivity contribution in [1.82, 2.24) is 14.8 Å². The normalized spacial score (nSPS) is 27.2. The summed E-state index contributed by atoms with van der Waals surface area (Å²) in [5, 5.41) is 12.3. The number of nitrogens with zero attached hydrogens (tertiary/aromatic N) is 4. The molecule has 0 spiro atoms. The maximum absolute atomic E-state index is 13.0. The van der Waals surface area contributed by atoms with Gasteiger partial charge in [-0.05, 0) is 70.9 Å². The molecule has 2 bridgehead atoms. The zero-order chi connectivity index (χ0) is 22.9. The van der Waals surface area contributed by atoms with Gasteiger partial charge in [0.05, 0.1) is 5.56 Å². The molecule has 3 saturated heterocycles. The van der Waals surface area contributed by atoms with Gasteiger partial charge in [-0.3, -0.25) is 4.79 Å². The molecular formula is C24H33N5O3. The zero-order valence-corrected chi connectivity index (χ0v) is 19.2. The van der Waals surface area contributed by atoms with Crippen LogP contribution in [-0.4, -0.2) is 63.6 Å². The maximum Gasteiger partial charge on any atom is 0.410 e. The Bertz CT molecular complexity index is 874. The maximum atomic E-state index is 13.0. The van der Waals surface area contributed by atoms with Crippen molar-refractivity contribution in [2.24, 2.45) is 5.92 Å². The van der Waals surface area contributed by atoms with Crippen molar-refractivity contribution >= 4 is 17.8 Å². The van der Waals surface area contributed by atoms with Gasteiger partial charge in [-0.25, -0.2) is 9.78 Å². The number of carbonyl (C=O) groups excluding carboxylic acids is 2. The fraction of sp³-hybridized carbons (Fsp3) is 0.667. The van der Waals surface area contributed by atoms with E-state index in [0.29, 0.717) is 24.4 Å². The first-order chi connectivity index (χ1) is 15.2. The average Bonchev–Trinajstić information content (AvgIpc) is 3.30. The third-order valence-corrected chi connectivity index (χ3v) is 6.68. The van der Waals surface area contributed by atoms with Crippen LogP contribution in [0.3, 0.4) is 0 Å². The van der Waals surface area contributed by atoms with Crippen molar-refractivity contribution in [1.29, 1.82) is 5.26 Å². The van der Waals surface area contributed by atoms with Crippen molar-refractivity contribution < 1.29 is 14.3 Å². The SMILES string of the molecule is CC(C)(C)OC(=O)N1C2CCC1CC(CC(=O)N1CC[C@@H](Nc3ccc(C#N)cn3)C1)C2. The first-order valence-corrected chi connectivity index (χ1v) is 11.6. The van der Waals surface area contributed by atoms with Crippen LogP contribution in [0.1, 0.15) is 64.9 Å². The predicted molar refractivity (Wildman–Crippen MR) is 120 cm³/mol. The van der Waals surface area contributed by atoms with Crippen molar-refractivity contribution in [3.63, 3.8) is 0 Å². The number of hydrogen-bond donors (Lipinski definition) is 1. The fourth-order valence-electron chi connectivity index (χ4n) is 5.30. The second-order valence-corrected chi connectivity index (χ2v) is 10.3. The molecule has 3 fully saturated rings. The van der Waals surface area contributed by atoms with Gasteiger partial charge in [-0.1, -0.05) is 0 Å². The van der Waals surface area contributed by atoms with E-state index in [4.69, 9.17) is 10.00 Å². The molecule has 1 N–H and O–H groups in total. The van der Waals surface area contributed by atoms with Gasteiger partial charge in [0.15, 0.2) is 0 Å². The number of nitriles is 1. The Kier molecular flexibility index (Phi) is 6.27. The van der Waals surface area contributed by atoms with Gasteiger partial charge < -0.3 is 19.9 Å². The van der Waals surface area contributed by atoms with E-state index in [0.717, 1.165) is 44.5 Å². The summed E-state index contributed by atoms with van der Waals surface area (Å²) in [5.41, 5.74) is 0.0437. The number of rotatable bonds is 4. The number of amides is 2. The number of aromatic nitrogens is 1. The van der Waals surface area contributed by atoms with Gasteiger partial charge in [0.2, 0.25) is 5.91 Å². The lowest BCUT2D eigenvalue weighted by molar-refractivity contribution is -0.131. The largest absolute Gasteiger partial charge is 0.444 e. The molecule has 0 aliphatic carbocycles. The zero-order valence-electron chi connectivity index (χ0n) is 19.2. The highest BCUT2D eigenvalue weighted by Crippen LogP contribution is 2.41. The molecule has 1 aromatic heterocycles. The van der Waals surface area contributed by atoms with Gasteiger partial charge in [0, 0.05) is 43.8 Å². The standard InChI is InChI=1S/C24H33N5O3/c1-24(2,3)32-23(31)29-19-5-6-20(29)11-17(10-19)12-22(30)28-9-8-18(15-28)27-21-7-4-16(13-25)14-26-21/h4,7,14,17-20H,5-6,8-12,15H2,1-3H3,(H,26,27)/t17?,18-,19?,20?/m1/s1. The number of piperidine rings is 1. The van der Waals surface area contributed by atoms with Gasteiger partial charge in [0.1, 0.15) is 17.5 Å². The topological polar surface area (TPSA) is 98.6 Å². The summed E-state index contributed by atoms with van der Waals surface area (Å²) in [7, 11) is 0. The van der Waals surface area contributed by atoms with Crippen molar-refractivity contribution in [2.45, 2.75) is 83.0 Å². The minimum atomic E-state index is -0.489. The van der Waals surface area contributed by atoms with Gasteiger partial charge in [-0.15, -0.1) is 0 Å². The summed E-state index contributed by atoms with van der Waals surface area (Å²) in [4.78, 5) is 33.8. The Labute approximate surface area is 189 Å². The van der Waals surface area contributed by atoms with Crippen LogP contribution in [0.4, 0.5) is 10.6 Å². The molecule has 3 aliphatic rings. The van der Waals surface area contributed by atoms with E-state index >= 15 is 0 Å². The molecule has 8 heteroatoms. The molecule has 4 rings (SSSR count). The molecule has 4 heterocycles. The molecule has 0 saturated carbocycles. The number of pyridine rings is 1. The number of nitrogens with one attached hydrogen (secondary N) is 1. The Morgan fingerprint density at radius 3 is 2.53 bits per heavy atom. The Morgan fingerprint density at radius 1 is 1.22 bits per heavy atom. The lowest BCUT2D eigenvalue weighted by Gasteiger charge is -2.39. The summed E-state index contributed by atoms with van der Waals surface area (Å²) in [6.45, 7) is 7.11. The molecule has 1 aromatic rings. The molecule has 172 valence electrons. The lowest BCUT2D eigenvalue weighted by atomic mass is 9.88. The molecular weight excluding hydrogens is 406 g/mol. The predicted octanol–water partition coefficient (Wildman–Crippen LogP) is 3.53. The number of anilines is 1. The number of likely N-dealkylation sites (tertiary alicyclic amines) is 1. The van der Waals surface area contributed by atoms with Crippen LogP contribution in [-0.2, 0) is 9.53 Å². The summed E-state index contributed by atoms with van der Waals surface area (Å²) >= 11 is 0. The van der Waals surface area contributed by atoms with Crippen LogP contribution in [0.2, 0.25) is 0 Å². The molecule has 2 amide bonds. The number of fused-ring (bicyclic) bond motifs is 2. The van der Waals surface area contributed by atoms with Crippen molar-refractivity contribution in [2.75, 3.05) is 18.4 Å². The highest BCUT2D eigenvalue weighted by molar-refractivity contribution is 5.77. The smallest absolute Gasteiger partial charge is 0.410 e. The van der Waals surface area contributed by atoms with Crippen molar-refractivity contribution in [3.8, 4) is 6.07 Å². The van der Waals surface area contributed by atoms with Crippen LogP contribution in [0.15, 0.2) is 18.3 Å². The third kappa shape index (κ3) is 5.14. The van der Waals surface area contributed by atoms with Crippen LogP contribution in [0.25, 0.3) is 0 Å². The summed E-state index contributed by atoms with van der Waals surface area (Å²) in [5.74, 6) is 1.26. The van der Waals surface area contributed by atoms with Gasteiger partial charge in [0.25, 0.3) is 0 Å².